The number of benzene rings is 1. The summed E-state index contributed by atoms with van der Waals surface area (Å²) in [6.07, 6.45) is 5.12. The minimum atomic E-state index is -0.582. The van der Waals surface area contributed by atoms with Crippen molar-refractivity contribution in [3.8, 4) is 0 Å². The molecular formula is C17H27NOS. The Labute approximate surface area is 127 Å². The predicted octanol–water partition coefficient (Wildman–Crippen LogP) is 3.88. The van der Waals surface area contributed by atoms with Crippen LogP contribution in [0, 0.1) is 5.92 Å². The molecule has 112 valence electrons. The van der Waals surface area contributed by atoms with E-state index < -0.39 is 5.60 Å². The van der Waals surface area contributed by atoms with Crippen LogP contribution in [0.15, 0.2) is 24.3 Å². The number of rotatable bonds is 6. The quantitative estimate of drug-likeness (QED) is 0.616. The Morgan fingerprint density at radius 1 is 1.25 bits per heavy atom. The Morgan fingerprint density at radius 2 is 1.90 bits per heavy atom. The number of nitrogens with one attached hydrogen (secondary N) is 1. The zero-order valence-electron chi connectivity index (χ0n) is 12.7. The molecule has 1 aliphatic rings. The van der Waals surface area contributed by atoms with Gasteiger partial charge in [-0.05, 0) is 49.1 Å². The van der Waals surface area contributed by atoms with E-state index in [1.54, 1.807) is 11.9 Å². The van der Waals surface area contributed by atoms with Crippen LogP contribution in [0.5, 0.6) is 0 Å². The van der Waals surface area contributed by atoms with E-state index >= 15 is 0 Å². The molecule has 0 aromatic heterocycles. The number of hydrogen-bond acceptors (Lipinski definition) is 3. The first kappa shape index (κ1) is 15.9. The lowest BCUT2D eigenvalue weighted by molar-refractivity contribution is -0.0120. The van der Waals surface area contributed by atoms with Crippen LogP contribution in [-0.2, 0) is 12.0 Å². The summed E-state index contributed by atoms with van der Waals surface area (Å²) in [6.45, 7) is 5.43. The van der Waals surface area contributed by atoms with Gasteiger partial charge in [-0.15, -0.1) is 0 Å². The van der Waals surface area contributed by atoms with Gasteiger partial charge in [0.15, 0.2) is 0 Å². The third kappa shape index (κ3) is 4.24. The fraction of sp³-hybridized carbons (Fsp3) is 0.647. The maximum Gasteiger partial charge on any atom is 0.0896 e. The average Bonchev–Trinajstić information content (AvgIpc) is 2.48. The maximum atomic E-state index is 10.8. The second-order valence-corrected chi connectivity index (χ2v) is 7.14. The molecule has 2 nitrogen and oxygen atoms in total. The molecule has 1 aliphatic carbocycles. The van der Waals surface area contributed by atoms with Crippen LogP contribution in [-0.4, -0.2) is 17.4 Å². The normalized spacial score (nSPS) is 26.6. The monoisotopic (exact) mass is 293 g/mol. The van der Waals surface area contributed by atoms with Crippen molar-refractivity contribution in [2.24, 2.45) is 5.92 Å². The SMILES string of the molecule is CCSNCCc1ccc(C2(O)CCC(C)CC2)cc1. The molecule has 2 rings (SSSR count). The van der Waals surface area contributed by atoms with Gasteiger partial charge < -0.3 is 5.11 Å². The van der Waals surface area contributed by atoms with E-state index in [-0.39, 0.29) is 0 Å². The fourth-order valence-corrected chi connectivity index (χ4v) is 3.33. The molecule has 3 heteroatoms. The van der Waals surface area contributed by atoms with E-state index in [9.17, 15) is 5.11 Å². The Morgan fingerprint density at radius 3 is 2.50 bits per heavy atom. The smallest absolute Gasteiger partial charge is 0.0896 e. The Balaban J connectivity index is 1.90. The molecule has 20 heavy (non-hydrogen) atoms. The number of aliphatic hydroxyl groups is 1. The molecule has 1 aromatic carbocycles. The molecule has 2 N–H and O–H groups in total. The van der Waals surface area contributed by atoms with Crippen LogP contribution in [0.1, 0.15) is 50.7 Å². The fourth-order valence-electron chi connectivity index (χ4n) is 2.88. The van der Waals surface area contributed by atoms with Crippen LogP contribution in [0.2, 0.25) is 0 Å². The lowest BCUT2D eigenvalue weighted by atomic mass is 9.76. The zero-order valence-corrected chi connectivity index (χ0v) is 13.5. The Bertz CT molecular complexity index is 396. The van der Waals surface area contributed by atoms with Gasteiger partial charge in [0.25, 0.3) is 0 Å². The highest BCUT2D eigenvalue weighted by Crippen LogP contribution is 2.39. The third-order valence-electron chi connectivity index (χ3n) is 4.35. The van der Waals surface area contributed by atoms with Gasteiger partial charge in [-0.3, -0.25) is 4.72 Å². The summed E-state index contributed by atoms with van der Waals surface area (Å²) in [6, 6.07) is 8.59. The molecule has 0 aliphatic heterocycles. The largest absolute Gasteiger partial charge is 0.385 e. The van der Waals surface area contributed by atoms with Crippen molar-refractivity contribution in [3.63, 3.8) is 0 Å². The average molecular weight is 293 g/mol. The van der Waals surface area contributed by atoms with Crippen molar-refractivity contribution in [2.75, 3.05) is 12.3 Å². The van der Waals surface area contributed by atoms with Gasteiger partial charge in [-0.2, -0.15) is 0 Å². The van der Waals surface area contributed by atoms with Gasteiger partial charge in [0.05, 0.1) is 5.60 Å². The molecule has 0 unspecified atom stereocenters. The van der Waals surface area contributed by atoms with Crippen LogP contribution < -0.4 is 4.72 Å². The van der Waals surface area contributed by atoms with E-state index in [0.29, 0.717) is 0 Å². The van der Waals surface area contributed by atoms with Crippen molar-refractivity contribution in [1.82, 2.24) is 4.72 Å². The van der Waals surface area contributed by atoms with Gasteiger partial charge in [-0.25, -0.2) is 0 Å². The summed E-state index contributed by atoms with van der Waals surface area (Å²) in [7, 11) is 0. The third-order valence-corrected chi connectivity index (χ3v) is 5.05. The summed E-state index contributed by atoms with van der Waals surface area (Å²) >= 11 is 1.76. The molecule has 0 bridgehead atoms. The molecule has 1 saturated carbocycles. The predicted molar refractivity (Wildman–Crippen MR) is 87.8 cm³/mol. The Hall–Kier alpha value is -0.510. The molecule has 0 amide bonds. The maximum absolute atomic E-state index is 10.8. The van der Waals surface area contributed by atoms with Crippen LogP contribution in [0.25, 0.3) is 0 Å². The van der Waals surface area contributed by atoms with E-state index in [4.69, 9.17) is 0 Å². The van der Waals surface area contributed by atoms with Gasteiger partial charge in [0, 0.05) is 12.3 Å². The van der Waals surface area contributed by atoms with Crippen LogP contribution in [0.3, 0.4) is 0 Å². The zero-order chi connectivity index (χ0) is 14.4. The van der Waals surface area contributed by atoms with Crippen molar-refractivity contribution in [3.05, 3.63) is 35.4 Å². The van der Waals surface area contributed by atoms with E-state index in [0.717, 1.165) is 55.9 Å². The summed E-state index contributed by atoms with van der Waals surface area (Å²) in [5.41, 5.74) is 1.86. The van der Waals surface area contributed by atoms with E-state index in [1.807, 2.05) is 0 Å². The van der Waals surface area contributed by atoms with Gasteiger partial charge >= 0.3 is 0 Å². The van der Waals surface area contributed by atoms with Crippen molar-refractivity contribution >= 4 is 11.9 Å². The highest BCUT2D eigenvalue weighted by atomic mass is 32.2. The topological polar surface area (TPSA) is 32.3 Å². The standard InChI is InChI=1S/C17H27NOS/c1-3-20-18-13-10-15-4-6-16(7-5-15)17(19)11-8-14(2)9-12-17/h4-7,14,18-19H,3,8-13H2,1-2H3. The Kier molecular flexibility index (Phi) is 5.94. The minimum Gasteiger partial charge on any atom is -0.385 e. The van der Waals surface area contributed by atoms with Gasteiger partial charge in [0.1, 0.15) is 0 Å². The number of hydrogen-bond donors (Lipinski definition) is 2. The first-order chi connectivity index (χ1) is 9.64. The summed E-state index contributed by atoms with van der Waals surface area (Å²) < 4.78 is 3.34. The van der Waals surface area contributed by atoms with E-state index in [2.05, 4.69) is 42.8 Å². The summed E-state index contributed by atoms with van der Waals surface area (Å²) in [4.78, 5) is 0. The molecule has 0 radical (unpaired) electrons. The second-order valence-electron chi connectivity index (χ2n) is 5.99. The first-order valence-corrected chi connectivity index (χ1v) is 8.79. The van der Waals surface area contributed by atoms with Crippen molar-refractivity contribution in [2.45, 2.75) is 51.6 Å². The highest BCUT2D eigenvalue weighted by molar-refractivity contribution is 7.97. The van der Waals surface area contributed by atoms with Crippen molar-refractivity contribution < 1.29 is 5.11 Å². The minimum absolute atomic E-state index is 0.582. The van der Waals surface area contributed by atoms with Gasteiger partial charge in [0.2, 0.25) is 0 Å². The van der Waals surface area contributed by atoms with Crippen molar-refractivity contribution in [1.29, 1.82) is 0 Å². The second kappa shape index (κ2) is 7.48. The molecule has 0 heterocycles. The lowest BCUT2D eigenvalue weighted by Crippen LogP contribution is -2.30. The van der Waals surface area contributed by atoms with Crippen LogP contribution in [0.4, 0.5) is 0 Å². The molecular weight excluding hydrogens is 266 g/mol. The van der Waals surface area contributed by atoms with Crippen LogP contribution >= 0.6 is 11.9 Å². The molecule has 0 atom stereocenters. The summed E-state index contributed by atoms with van der Waals surface area (Å²) in [5.74, 6) is 1.86. The summed E-state index contributed by atoms with van der Waals surface area (Å²) in [5, 5.41) is 10.8. The first-order valence-electron chi connectivity index (χ1n) is 7.80. The van der Waals surface area contributed by atoms with E-state index in [1.165, 1.54) is 5.56 Å². The molecule has 0 saturated heterocycles. The lowest BCUT2D eigenvalue weighted by Gasteiger charge is -2.35. The molecule has 1 aromatic rings. The molecule has 1 fully saturated rings. The highest BCUT2D eigenvalue weighted by Gasteiger charge is 2.33. The van der Waals surface area contributed by atoms with Gasteiger partial charge in [-0.1, -0.05) is 50.1 Å². The molecule has 0 spiro atoms.